The Balaban J connectivity index is 1.40. The second-order valence-corrected chi connectivity index (χ2v) is 8.72. The van der Waals surface area contributed by atoms with Crippen LogP contribution in [0.5, 0.6) is 5.75 Å². The molecule has 4 N–H and O–H groups in total. The SMILES string of the molecule is CC(C)c1nc(-c2ccc(CC3CCc4cccc(C(N)=O)c4O3)cc2)c2c(N)ncnn12. The Morgan fingerprint density at radius 2 is 2.00 bits per heavy atom. The molecule has 5 rings (SSSR count). The van der Waals surface area contributed by atoms with Gasteiger partial charge in [0.1, 0.15) is 35.2 Å². The lowest BCUT2D eigenvalue weighted by Crippen LogP contribution is -2.27. The lowest BCUT2D eigenvalue weighted by atomic mass is 9.95. The highest BCUT2D eigenvalue weighted by atomic mass is 16.5. The van der Waals surface area contributed by atoms with Gasteiger partial charge in [0.05, 0.1) is 5.56 Å². The molecule has 33 heavy (non-hydrogen) atoms. The summed E-state index contributed by atoms with van der Waals surface area (Å²) in [5.41, 5.74) is 16.8. The molecule has 1 atom stereocenters. The fourth-order valence-electron chi connectivity index (χ4n) is 4.41. The van der Waals surface area contributed by atoms with E-state index in [4.69, 9.17) is 21.2 Å². The van der Waals surface area contributed by atoms with Crippen molar-refractivity contribution < 1.29 is 9.53 Å². The Bertz CT molecular complexity index is 1340. The Labute approximate surface area is 191 Å². The van der Waals surface area contributed by atoms with E-state index >= 15 is 0 Å². The van der Waals surface area contributed by atoms with E-state index in [0.717, 1.165) is 53.0 Å². The average Bonchev–Trinajstić information content (AvgIpc) is 3.20. The summed E-state index contributed by atoms with van der Waals surface area (Å²) < 4.78 is 7.97. The van der Waals surface area contributed by atoms with Gasteiger partial charge < -0.3 is 16.2 Å². The zero-order valence-electron chi connectivity index (χ0n) is 18.7. The van der Waals surface area contributed by atoms with Crippen LogP contribution in [-0.4, -0.2) is 31.6 Å². The number of ether oxygens (including phenoxy) is 1. The number of fused-ring (bicyclic) bond motifs is 2. The van der Waals surface area contributed by atoms with Crippen LogP contribution >= 0.6 is 0 Å². The standard InChI is InChI=1S/C25H26N6O2/c1-14(2)25-30-20(21-23(26)28-13-29-31(21)25)16-8-6-15(7-9-16)12-18-11-10-17-4-3-5-19(24(27)32)22(17)33-18/h3-9,13-14,18H,10-12H2,1-2H3,(H2,27,32)(H2,26,28,29). The predicted molar refractivity (Wildman–Crippen MR) is 126 cm³/mol. The summed E-state index contributed by atoms with van der Waals surface area (Å²) in [6, 6.07) is 13.8. The van der Waals surface area contributed by atoms with Crippen LogP contribution in [0.4, 0.5) is 5.82 Å². The molecule has 8 nitrogen and oxygen atoms in total. The Morgan fingerprint density at radius 1 is 1.21 bits per heavy atom. The largest absolute Gasteiger partial charge is 0.489 e. The van der Waals surface area contributed by atoms with Gasteiger partial charge in [-0.1, -0.05) is 50.2 Å². The second-order valence-electron chi connectivity index (χ2n) is 8.72. The zero-order valence-corrected chi connectivity index (χ0v) is 18.7. The summed E-state index contributed by atoms with van der Waals surface area (Å²) in [5, 5.41) is 4.36. The number of para-hydroxylation sites is 1. The van der Waals surface area contributed by atoms with Crippen molar-refractivity contribution in [3.63, 3.8) is 0 Å². The molecule has 1 aliphatic heterocycles. The van der Waals surface area contributed by atoms with Crippen molar-refractivity contribution in [2.75, 3.05) is 5.73 Å². The first kappa shape index (κ1) is 20.9. The minimum Gasteiger partial charge on any atom is -0.489 e. The van der Waals surface area contributed by atoms with E-state index in [-0.39, 0.29) is 12.0 Å². The summed E-state index contributed by atoms with van der Waals surface area (Å²) in [6.45, 7) is 4.15. The number of hydrogen-bond donors (Lipinski definition) is 2. The van der Waals surface area contributed by atoms with E-state index in [0.29, 0.717) is 17.1 Å². The summed E-state index contributed by atoms with van der Waals surface area (Å²) >= 11 is 0. The molecule has 0 spiro atoms. The third-order valence-corrected chi connectivity index (χ3v) is 6.08. The highest BCUT2D eigenvalue weighted by Crippen LogP contribution is 2.33. The Morgan fingerprint density at radius 3 is 2.73 bits per heavy atom. The fourth-order valence-corrected chi connectivity index (χ4v) is 4.41. The third-order valence-electron chi connectivity index (χ3n) is 6.08. The van der Waals surface area contributed by atoms with Crippen molar-refractivity contribution in [2.24, 2.45) is 5.73 Å². The number of primary amides is 1. The van der Waals surface area contributed by atoms with E-state index in [9.17, 15) is 4.79 Å². The molecule has 4 aromatic rings. The first-order valence-electron chi connectivity index (χ1n) is 11.1. The lowest BCUT2D eigenvalue weighted by Gasteiger charge is -2.27. The van der Waals surface area contributed by atoms with Gasteiger partial charge >= 0.3 is 0 Å². The summed E-state index contributed by atoms with van der Waals surface area (Å²) in [4.78, 5) is 20.8. The molecule has 8 heteroatoms. The van der Waals surface area contributed by atoms with Crippen LogP contribution in [0.2, 0.25) is 0 Å². The number of carbonyl (C=O) groups excluding carboxylic acids is 1. The van der Waals surface area contributed by atoms with Gasteiger partial charge in [0.15, 0.2) is 5.82 Å². The second kappa shape index (κ2) is 8.20. The molecule has 0 radical (unpaired) electrons. The van der Waals surface area contributed by atoms with Crippen molar-refractivity contribution in [3.8, 4) is 17.0 Å². The molecule has 0 saturated heterocycles. The normalized spacial score (nSPS) is 15.4. The van der Waals surface area contributed by atoms with Crippen molar-refractivity contribution in [2.45, 2.75) is 45.1 Å². The van der Waals surface area contributed by atoms with Gasteiger partial charge in [0.2, 0.25) is 0 Å². The molecular weight excluding hydrogens is 416 g/mol. The van der Waals surface area contributed by atoms with Crippen LogP contribution in [0, 0.1) is 0 Å². The fraction of sp³-hybridized carbons (Fsp3) is 0.280. The number of nitrogens with zero attached hydrogens (tertiary/aromatic N) is 4. The first-order valence-corrected chi connectivity index (χ1v) is 11.1. The molecule has 0 saturated carbocycles. The van der Waals surface area contributed by atoms with Crippen LogP contribution in [0.1, 0.15) is 53.5 Å². The summed E-state index contributed by atoms with van der Waals surface area (Å²) in [6.07, 6.45) is 3.91. The maximum absolute atomic E-state index is 11.8. The van der Waals surface area contributed by atoms with E-state index < -0.39 is 5.91 Å². The van der Waals surface area contributed by atoms with Gasteiger partial charge in [-0.3, -0.25) is 4.79 Å². The number of anilines is 1. The van der Waals surface area contributed by atoms with Crippen LogP contribution in [0.3, 0.4) is 0 Å². The molecule has 2 aromatic carbocycles. The minimum absolute atomic E-state index is 0.0196. The van der Waals surface area contributed by atoms with Crippen molar-refractivity contribution in [1.82, 2.24) is 19.6 Å². The third kappa shape index (κ3) is 3.77. The molecule has 0 aliphatic carbocycles. The highest BCUT2D eigenvalue weighted by molar-refractivity contribution is 5.96. The molecule has 1 unspecified atom stereocenters. The van der Waals surface area contributed by atoms with Gasteiger partial charge in [-0.25, -0.2) is 14.5 Å². The van der Waals surface area contributed by atoms with Crippen LogP contribution in [0.25, 0.3) is 16.8 Å². The number of imidazole rings is 1. The number of carbonyl (C=O) groups is 1. The Hall–Kier alpha value is -3.94. The van der Waals surface area contributed by atoms with Crippen molar-refractivity contribution >= 4 is 17.2 Å². The van der Waals surface area contributed by atoms with Crippen molar-refractivity contribution in [1.29, 1.82) is 0 Å². The van der Waals surface area contributed by atoms with Gasteiger partial charge in [0, 0.05) is 17.9 Å². The van der Waals surface area contributed by atoms with Crippen molar-refractivity contribution in [3.05, 3.63) is 71.3 Å². The van der Waals surface area contributed by atoms with Crippen LogP contribution in [-0.2, 0) is 12.8 Å². The molecule has 1 amide bonds. The highest BCUT2D eigenvalue weighted by Gasteiger charge is 2.24. The zero-order chi connectivity index (χ0) is 23.1. The first-order chi connectivity index (χ1) is 15.9. The molecule has 1 aliphatic rings. The summed E-state index contributed by atoms with van der Waals surface area (Å²) in [5.74, 6) is 1.60. The monoisotopic (exact) mass is 442 g/mol. The van der Waals surface area contributed by atoms with E-state index in [1.807, 2.05) is 24.3 Å². The van der Waals surface area contributed by atoms with E-state index in [1.54, 1.807) is 10.6 Å². The lowest BCUT2D eigenvalue weighted by molar-refractivity contribution is 0.0989. The number of aryl methyl sites for hydroxylation is 1. The smallest absolute Gasteiger partial charge is 0.252 e. The predicted octanol–water partition coefficient (Wildman–Crippen LogP) is 3.53. The van der Waals surface area contributed by atoms with Crippen LogP contribution < -0.4 is 16.2 Å². The number of rotatable bonds is 5. The topological polar surface area (TPSA) is 121 Å². The molecule has 2 aromatic heterocycles. The number of nitrogen functional groups attached to an aromatic ring is 1. The van der Waals surface area contributed by atoms with E-state index in [2.05, 4.69) is 36.1 Å². The number of benzene rings is 2. The average molecular weight is 443 g/mol. The molecular formula is C25H26N6O2. The number of aromatic nitrogens is 4. The van der Waals surface area contributed by atoms with Gasteiger partial charge in [0.25, 0.3) is 5.91 Å². The Kier molecular flexibility index (Phi) is 5.20. The maximum Gasteiger partial charge on any atom is 0.252 e. The molecule has 0 fully saturated rings. The van der Waals surface area contributed by atoms with E-state index in [1.165, 1.54) is 6.33 Å². The number of hydrogen-bond acceptors (Lipinski definition) is 6. The van der Waals surface area contributed by atoms with Gasteiger partial charge in [-0.15, -0.1) is 0 Å². The molecule has 168 valence electrons. The maximum atomic E-state index is 11.8. The van der Waals surface area contributed by atoms with Gasteiger partial charge in [-0.2, -0.15) is 5.10 Å². The van der Waals surface area contributed by atoms with Gasteiger partial charge in [-0.05, 0) is 30.0 Å². The molecule has 0 bridgehead atoms. The minimum atomic E-state index is -0.465. The van der Waals surface area contributed by atoms with Crippen LogP contribution in [0.15, 0.2) is 48.8 Å². The number of amides is 1. The summed E-state index contributed by atoms with van der Waals surface area (Å²) in [7, 11) is 0. The molecule has 3 heterocycles. The number of nitrogens with two attached hydrogens (primary N) is 2. The quantitative estimate of drug-likeness (QED) is 0.488.